The minimum Gasteiger partial charge on any atom is -0.317 e. The molecule has 0 aliphatic rings. The van der Waals surface area contributed by atoms with Crippen LogP contribution in [0.2, 0.25) is 0 Å². The second kappa shape index (κ2) is 8.29. The van der Waals surface area contributed by atoms with Crippen molar-refractivity contribution in [2.45, 2.75) is 33.2 Å². The third kappa shape index (κ3) is 4.93. The van der Waals surface area contributed by atoms with E-state index in [1.54, 1.807) is 6.33 Å². The van der Waals surface area contributed by atoms with E-state index in [9.17, 15) is 0 Å². The van der Waals surface area contributed by atoms with Gasteiger partial charge in [0.1, 0.15) is 12.2 Å². The zero-order valence-electron chi connectivity index (χ0n) is 12.7. The Hall–Kier alpha value is -1.20. The van der Waals surface area contributed by atoms with E-state index in [1.807, 2.05) is 4.68 Å². The molecule has 0 spiro atoms. The standard InChI is InChI=1S/C16H23BrN4/c1-3-18-11-14(9-13-5-7-15(17)8-6-13)10-16-19-12-20-21(16)4-2/h5-8,12,14,18H,3-4,9-11H2,1-2H3. The molecule has 1 heterocycles. The smallest absolute Gasteiger partial charge is 0.138 e. The molecule has 0 bridgehead atoms. The summed E-state index contributed by atoms with van der Waals surface area (Å²) in [4.78, 5) is 4.41. The Morgan fingerprint density at radius 2 is 1.95 bits per heavy atom. The highest BCUT2D eigenvalue weighted by Crippen LogP contribution is 2.16. The van der Waals surface area contributed by atoms with Crippen molar-refractivity contribution in [3.05, 3.63) is 46.5 Å². The zero-order valence-corrected chi connectivity index (χ0v) is 14.3. The minimum atomic E-state index is 0.528. The number of rotatable bonds is 8. The van der Waals surface area contributed by atoms with E-state index < -0.39 is 0 Å². The van der Waals surface area contributed by atoms with Crippen molar-refractivity contribution < 1.29 is 0 Å². The lowest BCUT2D eigenvalue weighted by molar-refractivity contribution is 0.453. The van der Waals surface area contributed by atoms with Gasteiger partial charge in [-0.3, -0.25) is 4.68 Å². The molecule has 0 aliphatic carbocycles. The van der Waals surface area contributed by atoms with Crippen LogP contribution >= 0.6 is 15.9 Å². The summed E-state index contributed by atoms with van der Waals surface area (Å²) in [7, 11) is 0. The summed E-state index contributed by atoms with van der Waals surface area (Å²) in [5, 5.41) is 7.73. The van der Waals surface area contributed by atoms with Gasteiger partial charge in [-0.1, -0.05) is 35.0 Å². The van der Waals surface area contributed by atoms with Crippen LogP contribution in [0.15, 0.2) is 35.1 Å². The maximum Gasteiger partial charge on any atom is 0.138 e. The van der Waals surface area contributed by atoms with Crippen LogP contribution in [0.25, 0.3) is 0 Å². The van der Waals surface area contributed by atoms with Crippen LogP contribution in [0.5, 0.6) is 0 Å². The number of hydrogen-bond donors (Lipinski definition) is 1. The predicted molar refractivity (Wildman–Crippen MR) is 89.3 cm³/mol. The molecule has 1 aromatic heterocycles. The number of hydrogen-bond acceptors (Lipinski definition) is 3. The number of nitrogens with zero attached hydrogens (tertiary/aromatic N) is 3. The van der Waals surface area contributed by atoms with Gasteiger partial charge in [0.05, 0.1) is 0 Å². The highest BCUT2D eigenvalue weighted by atomic mass is 79.9. The molecule has 114 valence electrons. The average Bonchev–Trinajstić information content (AvgIpc) is 2.94. The van der Waals surface area contributed by atoms with Crippen LogP contribution in [-0.2, 0) is 19.4 Å². The van der Waals surface area contributed by atoms with E-state index in [-0.39, 0.29) is 0 Å². The molecule has 1 aromatic carbocycles. The Balaban J connectivity index is 2.05. The van der Waals surface area contributed by atoms with Crippen molar-refractivity contribution in [3.63, 3.8) is 0 Å². The van der Waals surface area contributed by atoms with Crippen molar-refractivity contribution in [1.29, 1.82) is 0 Å². The molecular formula is C16H23BrN4. The highest BCUT2D eigenvalue weighted by Gasteiger charge is 2.14. The molecule has 2 aromatic rings. The average molecular weight is 351 g/mol. The van der Waals surface area contributed by atoms with Crippen molar-refractivity contribution >= 4 is 15.9 Å². The van der Waals surface area contributed by atoms with Gasteiger partial charge in [0.15, 0.2) is 0 Å². The molecule has 21 heavy (non-hydrogen) atoms. The fourth-order valence-electron chi connectivity index (χ4n) is 2.49. The van der Waals surface area contributed by atoms with Gasteiger partial charge in [-0.25, -0.2) is 4.98 Å². The molecule has 0 amide bonds. The van der Waals surface area contributed by atoms with Gasteiger partial charge < -0.3 is 5.32 Å². The fourth-order valence-corrected chi connectivity index (χ4v) is 2.75. The van der Waals surface area contributed by atoms with Crippen molar-refractivity contribution in [2.24, 2.45) is 5.92 Å². The summed E-state index contributed by atoms with van der Waals surface area (Å²) in [5.41, 5.74) is 1.36. The van der Waals surface area contributed by atoms with E-state index >= 15 is 0 Å². The Labute approximate surface area is 135 Å². The first-order valence-corrected chi connectivity index (χ1v) is 8.34. The molecule has 1 N–H and O–H groups in total. The highest BCUT2D eigenvalue weighted by molar-refractivity contribution is 9.10. The summed E-state index contributed by atoms with van der Waals surface area (Å²) < 4.78 is 3.11. The first kappa shape index (κ1) is 16.2. The second-order valence-electron chi connectivity index (χ2n) is 5.20. The lowest BCUT2D eigenvalue weighted by Crippen LogP contribution is -2.26. The first-order valence-electron chi connectivity index (χ1n) is 7.54. The second-order valence-corrected chi connectivity index (χ2v) is 6.12. The number of nitrogens with one attached hydrogen (secondary N) is 1. The quantitative estimate of drug-likeness (QED) is 0.795. The van der Waals surface area contributed by atoms with Gasteiger partial charge in [-0.05, 0) is 50.0 Å². The largest absolute Gasteiger partial charge is 0.317 e. The molecule has 0 aliphatic heterocycles. The molecule has 1 unspecified atom stereocenters. The summed E-state index contributed by atoms with van der Waals surface area (Å²) in [6.07, 6.45) is 3.66. The van der Waals surface area contributed by atoms with Crippen LogP contribution in [0.4, 0.5) is 0 Å². The summed E-state index contributed by atoms with van der Waals surface area (Å²) in [6.45, 7) is 7.12. The molecule has 0 fully saturated rings. The molecular weight excluding hydrogens is 328 g/mol. The molecule has 4 nitrogen and oxygen atoms in total. The van der Waals surface area contributed by atoms with Crippen LogP contribution in [0.1, 0.15) is 25.2 Å². The van der Waals surface area contributed by atoms with Crippen LogP contribution in [0, 0.1) is 5.92 Å². The molecule has 0 saturated carbocycles. The van der Waals surface area contributed by atoms with Gasteiger partial charge in [-0.15, -0.1) is 0 Å². The molecule has 0 radical (unpaired) electrons. The molecule has 0 saturated heterocycles. The van der Waals surface area contributed by atoms with Gasteiger partial charge >= 0.3 is 0 Å². The number of benzene rings is 1. The number of aromatic nitrogens is 3. The minimum absolute atomic E-state index is 0.528. The Bertz CT molecular complexity index is 535. The van der Waals surface area contributed by atoms with Crippen molar-refractivity contribution in [1.82, 2.24) is 20.1 Å². The fraction of sp³-hybridized carbons (Fsp3) is 0.500. The van der Waals surface area contributed by atoms with Gasteiger partial charge in [-0.2, -0.15) is 5.10 Å². The van der Waals surface area contributed by atoms with Crippen LogP contribution in [-0.4, -0.2) is 27.9 Å². The predicted octanol–water partition coefficient (Wildman–Crippen LogP) is 3.07. The molecule has 5 heteroatoms. The van der Waals surface area contributed by atoms with E-state index in [4.69, 9.17) is 0 Å². The lowest BCUT2D eigenvalue weighted by atomic mass is 9.95. The van der Waals surface area contributed by atoms with E-state index in [1.165, 1.54) is 5.56 Å². The monoisotopic (exact) mass is 350 g/mol. The summed E-state index contributed by atoms with van der Waals surface area (Å²) in [6, 6.07) is 8.59. The Morgan fingerprint density at radius 1 is 1.19 bits per heavy atom. The van der Waals surface area contributed by atoms with E-state index in [2.05, 4.69) is 69.4 Å². The summed E-state index contributed by atoms with van der Waals surface area (Å²) in [5.74, 6) is 1.61. The van der Waals surface area contributed by atoms with E-state index in [0.717, 1.165) is 42.8 Å². The van der Waals surface area contributed by atoms with Gasteiger partial charge in [0.2, 0.25) is 0 Å². The third-order valence-corrected chi connectivity index (χ3v) is 4.12. The van der Waals surface area contributed by atoms with Gasteiger partial charge in [0.25, 0.3) is 0 Å². The number of aryl methyl sites for hydroxylation is 1. The molecule has 2 rings (SSSR count). The van der Waals surface area contributed by atoms with E-state index in [0.29, 0.717) is 5.92 Å². The SMILES string of the molecule is CCNCC(Cc1ccc(Br)cc1)Cc1ncnn1CC. The van der Waals surface area contributed by atoms with Crippen LogP contribution in [0.3, 0.4) is 0 Å². The van der Waals surface area contributed by atoms with Crippen molar-refractivity contribution in [3.8, 4) is 0 Å². The normalized spacial score (nSPS) is 12.5. The summed E-state index contributed by atoms with van der Waals surface area (Å²) >= 11 is 3.49. The maximum atomic E-state index is 4.41. The third-order valence-electron chi connectivity index (χ3n) is 3.59. The topological polar surface area (TPSA) is 42.7 Å². The Morgan fingerprint density at radius 3 is 2.62 bits per heavy atom. The lowest BCUT2D eigenvalue weighted by Gasteiger charge is -2.17. The number of halogens is 1. The maximum absolute atomic E-state index is 4.41. The van der Waals surface area contributed by atoms with Gasteiger partial charge in [0, 0.05) is 17.4 Å². The molecule has 1 atom stereocenters. The first-order chi connectivity index (χ1) is 10.2. The van der Waals surface area contributed by atoms with Crippen LogP contribution < -0.4 is 5.32 Å². The van der Waals surface area contributed by atoms with Crippen molar-refractivity contribution in [2.75, 3.05) is 13.1 Å². The zero-order chi connectivity index (χ0) is 15.1. The Kier molecular flexibility index (Phi) is 6.39.